The SMILES string of the molecule is O=C(Oc1ccc([N+](=O)[O-])cc1)N1CC(N2CCCCC2)C1. The van der Waals surface area contributed by atoms with E-state index in [9.17, 15) is 14.9 Å². The maximum absolute atomic E-state index is 12.0. The van der Waals surface area contributed by atoms with Gasteiger partial charge in [0.1, 0.15) is 5.75 Å². The first-order valence-electron chi connectivity index (χ1n) is 7.59. The summed E-state index contributed by atoms with van der Waals surface area (Å²) in [6, 6.07) is 5.99. The van der Waals surface area contributed by atoms with Crippen molar-refractivity contribution in [2.75, 3.05) is 26.2 Å². The second-order valence-electron chi connectivity index (χ2n) is 5.77. The fraction of sp³-hybridized carbons (Fsp3) is 0.533. The van der Waals surface area contributed by atoms with E-state index in [0.29, 0.717) is 24.9 Å². The van der Waals surface area contributed by atoms with Crippen molar-refractivity contribution in [1.82, 2.24) is 9.80 Å². The molecular formula is C15H19N3O4. The number of carbonyl (C=O) groups is 1. The summed E-state index contributed by atoms with van der Waals surface area (Å²) < 4.78 is 5.23. The van der Waals surface area contributed by atoms with E-state index in [1.807, 2.05) is 0 Å². The van der Waals surface area contributed by atoms with Gasteiger partial charge in [-0.1, -0.05) is 6.42 Å². The molecule has 7 heteroatoms. The number of amides is 1. The molecule has 2 saturated heterocycles. The highest BCUT2D eigenvalue weighted by molar-refractivity contribution is 5.71. The van der Waals surface area contributed by atoms with Crippen molar-refractivity contribution in [3.05, 3.63) is 34.4 Å². The number of rotatable bonds is 3. The average Bonchev–Trinajstić information content (AvgIpc) is 2.47. The van der Waals surface area contributed by atoms with Crippen LogP contribution in [0.15, 0.2) is 24.3 Å². The lowest BCUT2D eigenvalue weighted by atomic mass is 10.0. The van der Waals surface area contributed by atoms with E-state index < -0.39 is 4.92 Å². The van der Waals surface area contributed by atoms with Gasteiger partial charge in [0.05, 0.1) is 4.92 Å². The zero-order chi connectivity index (χ0) is 15.5. The standard InChI is InChI=1S/C15H19N3O4/c19-15(22-14-6-4-12(5-7-14)18(20)21)17-10-13(11-17)16-8-2-1-3-9-16/h4-7,13H,1-3,8-11H2. The first-order chi connectivity index (χ1) is 10.6. The minimum absolute atomic E-state index is 0.0195. The Morgan fingerprint density at radius 3 is 2.36 bits per heavy atom. The van der Waals surface area contributed by atoms with Gasteiger partial charge in [-0.05, 0) is 38.1 Å². The summed E-state index contributed by atoms with van der Waals surface area (Å²) in [5, 5.41) is 10.6. The number of nitro groups is 1. The summed E-state index contributed by atoms with van der Waals surface area (Å²) in [6.07, 6.45) is 3.39. The Morgan fingerprint density at radius 2 is 1.77 bits per heavy atom. The molecule has 7 nitrogen and oxygen atoms in total. The van der Waals surface area contributed by atoms with Gasteiger partial charge in [0.15, 0.2) is 0 Å². The highest BCUT2D eigenvalue weighted by Crippen LogP contribution is 2.22. The Balaban J connectivity index is 1.48. The van der Waals surface area contributed by atoms with E-state index in [0.717, 1.165) is 13.1 Å². The Hall–Kier alpha value is -2.15. The van der Waals surface area contributed by atoms with Crippen LogP contribution in [-0.2, 0) is 0 Å². The lowest BCUT2D eigenvalue weighted by Crippen LogP contribution is -2.62. The van der Waals surface area contributed by atoms with Gasteiger partial charge in [0, 0.05) is 31.3 Å². The molecule has 3 rings (SSSR count). The molecule has 1 aromatic rings. The van der Waals surface area contributed by atoms with Crippen molar-refractivity contribution in [2.24, 2.45) is 0 Å². The molecule has 0 saturated carbocycles. The summed E-state index contributed by atoms with van der Waals surface area (Å²) in [5.41, 5.74) is -0.0195. The van der Waals surface area contributed by atoms with Gasteiger partial charge in [0.25, 0.3) is 5.69 Å². The molecule has 2 fully saturated rings. The second-order valence-corrected chi connectivity index (χ2v) is 5.77. The third-order valence-corrected chi connectivity index (χ3v) is 4.28. The smallest absolute Gasteiger partial charge is 0.410 e. The van der Waals surface area contributed by atoms with E-state index in [1.54, 1.807) is 4.90 Å². The highest BCUT2D eigenvalue weighted by atomic mass is 16.6. The van der Waals surface area contributed by atoms with Gasteiger partial charge in [-0.15, -0.1) is 0 Å². The zero-order valence-electron chi connectivity index (χ0n) is 12.3. The maximum Gasteiger partial charge on any atom is 0.415 e. The highest BCUT2D eigenvalue weighted by Gasteiger charge is 2.36. The quantitative estimate of drug-likeness (QED) is 0.632. The van der Waals surface area contributed by atoms with Gasteiger partial charge in [0.2, 0.25) is 0 Å². The lowest BCUT2D eigenvalue weighted by Gasteiger charge is -2.45. The van der Waals surface area contributed by atoms with Crippen LogP contribution in [0, 0.1) is 10.1 Å². The number of non-ortho nitro benzene ring substituents is 1. The molecule has 0 N–H and O–H groups in total. The molecule has 0 unspecified atom stereocenters. The summed E-state index contributed by atoms with van der Waals surface area (Å²) >= 11 is 0. The molecular weight excluding hydrogens is 286 g/mol. The van der Waals surface area contributed by atoms with Crippen molar-refractivity contribution in [3.63, 3.8) is 0 Å². The van der Waals surface area contributed by atoms with Crippen LogP contribution < -0.4 is 4.74 Å². The van der Waals surface area contributed by atoms with Crippen molar-refractivity contribution >= 4 is 11.8 Å². The van der Waals surface area contributed by atoms with E-state index in [-0.39, 0.29) is 11.8 Å². The van der Waals surface area contributed by atoms with Crippen LogP contribution in [-0.4, -0.2) is 53.0 Å². The zero-order valence-corrected chi connectivity index (χ0v) is 12.3. The molecule has 2 aliphatic heterocycles. The number of hydrogen-bond acceptors (Lipinski definition) is 5. The predicted octanol–water partition coefficient (Wildman–Crippen LogP) is 2.26. The number of benzene rings is 1. The summed E-state index contributed by atoms with van der Waals surface area (Å²) in [6.45, 7) is 3.64. The number of hydrogen-bond donors (Lipinski definition) is 0. The summed E-state index contributed by atoms with van der Waals surface area (Å²) in [5.74, 6) is 0.331. The number of nitro benzene ring substituents is 1. The lowest BCUT2D eigenvalue weighted by molar-refractivity contribution is -0.384. The molecule has 0 aromatic heterocycles. The number of piperidine rings is 1. The van der Waals surface area contributed by atoms with Crippen molar-refractivity contribution in [1.29, 1.82) is 0 Å². The van der Waals surface area contributed by atoms with Gasteiger partial charge in [-0.2, -0.15) is 0 Å². The first-order valence-corrected chi connectivity index (χ1v) is 7.59. The van der Waals surface area contributed by atoms with E-state index in [4.69, 9.17) is 4.74 Å². The fourth-order valence-electron chi connectivity index (χ4n) is 2.92. The van der Waals surface area contributed by atoms with Crippen LogP contribution in [0.3, 0.4) is 0 Å². The number of nitrogens with zero attached hydrogens (tertiary/aromatic N) is 3. The Kier molecular flexibility index (Phi) is 4.24. The monoisotopic (exact) mass is 305 g/mol. The van der Waals surface area contributed by atoms with Gasteiger partial charge < -0.3 is 9.64 Å². The molecule has 1 aromatic carbocycles. The molecule has 2 aliphatic rings. The van der Waals surface area contributed by atoms with Crippen LogP contribution in [0.4, 0.5) is 10.5 Å². The molecule has 0 aliphatic carbocycles. The molecule has 118 valence electrons. The van der Waals surface area contributed by atoms with Crippen LogP contribution in [0.1, 0.15) is 19.3 Å². The van der Waals surface area contributed by atoms with Crippen molar-refractivity contribution in [3.8, 4) is 5.75 Å². The van der Waals surface area contributed by atoms with Crippen LogP contribution in [0.5, 0.6) is 5.75 Å². The van der Waals surface area contributed by atoms with Crippen LogP contribution in [0.2, 0.25) is 0 Å². The molecule has 0 radical (unpaired) electrons. The Labute approximate surface area is 128 Å². The minimum Gasteiger partial charge on any atom is -0.410 e. The molecule has 0 atom stereocenters. The van der Waals surface area contributed by atoms with Crippen LogP contribution >= 0.6 is 0 Å². The van der Waals surface area contributed by atoms with E-state index >= 15 is 0 Å². The Morgan fingerprint density at radius 1 is 1.14 bits per heavy atom. The predicted molar refractivity (Wildman–Crippen MR) is 79.9 cm³/mol. The normalized spacial score (nSPS) is 19.5. The van der Waals surface area contributed by atoms with Gasteiger partial charge in [-0.25, -0.2) is 4.79 Å². The van der Waals surface area contributed by atoms with Crippen LogP contribution in [0.25, 0.3) is 0 Å². The average molecular weight is 305 g/mol. The summed E-state index contributed by atoms with van der Waals surface area (Å²) in [7, 11) is 0. The maximum atomic E-state index is 12.0. The third kappa shape index (κ3) is 3.19. The van der Waals surface area contributed by atoms with E-state index in [2.05, 4.69) is 4.90 Å². The molecule has 22 heavy (non-hydrogen) atoms. The fourth-order valence-corrected chi connectivity index (χ4v) is 2.92. The second kappa shape index (κ2) is 6.31. The summed E-state index contributed by atoms with van der Waals surface area (Å²) in [4.78, 5) is 26.2. The third-order valence-electron chi connectivity index (χ3n) is 4.28. The minimum atomic E-state index is -0.482. The topological polar surface area (TPSA) is 75.9 Å². The molecule has 0 spiro atoms. The van der Waals surface area contributed by atoms with Crippen molar-refractivity contribution < 1.29 is 14.5 Å². The van der Waals surface area contributed by atoms with Crippen molar-refractivity contribution in [2.45, 2.75) is 25.3 Å². The molecule has 1 amide bonds. The number of ether oxygens (including phenoxy) is 1. The van der Waals surface area contributed by atoms with E-state index in [1.165, 1.54) is 43.5 Å². The first kappa shape index (κ1) is 14.8. The number of carbonyl (C=O) groups excluding carboxylic acids is 1. The number of likely N-dealkylation sites (tertiary alicyclic amines) is 2. The van der Waals surface area contributed by atoms with Gasteiger partial charge in [-0.3, -0.25) is 15.0 Å². The van der Waals surface area contributed by atoms with Gasteiger partial charge >= 0.3 is 6.09 Å². The Bertz CT molecular complexity index is 548. The largest absolute Gasteiger partial charge is 0.415 e. The molecule has 0 bridgehead atoms. The molecule has 2 heterocycles.